The van der Waals surface area contributed by atoms with E-state index in [2.05, 4.69) is 158 Å². The first-order chi connectivity index (χ1) is 22.3. The number of furan rings is 1. The lowest BCUT2D eigenvalue weighted by molar-refractivity contribution is 0.669. The van der Waals surface area contributed by atoms with Crippen LogP contribution in [0.2, 0.25) is 0 Å². The molecule has 9 aromatic rings. The van der Waals surface area contributed by atoms with Gasteiger partial charge in [-0.15, -0.1) is 0 Å². The molecule has 1 heteroatoms. The predicted octanol–water partition coefficient (Wildman–Crippen LogP) is 12.6. The van der Waals surface area contributed by atoms with Crippen molar-refractivity contribution >= 4 is 43.5 Å². The molecule has 0 aliphatic rings. The molecule has 8 aromatic carbocycles. The van der Waals surface area contributed by atoms with Crippen molar-refractivity contribution in [1.82, 2.24) is 0 Å². The molecule has 210 valence electrons. The van der Waals surface area contributed by atoms with Crippen molar-refractivity contribution in [3.63, 3.8) is 0 Å². The van der Waals surface area contributed by atoms with Crippen LogP contribution in [0.4, 0.5) is 0 Å². The number of rotatable bonds is 4. The summed E-state index contributed by atoms with van der Waals surface area (Å²) in [6.07, 6.45) is 0. The number of hydrogen-bond donors (Lipinski definition) is 0. The van der Waals surface area contributed by atoms with Gasteiger partial charge in [-0.1, -0.05) is 140 Å². The summed E-state index contributed by atoms with van der Waals surface area (Å²) in [6, 6.07) is 61.0. The Bertz CT molecular complexity index is 2520. The van der Waals surface area contributed by atoms with E-state index >= 15 is 0 Å². The summed E-state index contributed by atoms with van der Waals surface area (Å²) in [4.78, 5) is 0. The third-order valence-corrected chi connectivity index (χ3v) is 9.06. The van der Waals surface area contributed by atoms with Crippen LogP contribution in [0.1, 0.15) is 0 Å². The molecule has 0 atom stereocenters. The van der Waals surface area contributed by atoms with Gasteiger partial charge in [0, 0.05) is 10.8 Å². The molecule has 9 rings (SSSR count). The Kier molecular flexibility index (Phi) is 5.89. The molecule has 0 aliphatic carbocycles. The summed E-state index contributed by atoms with van der Waals surface area (Å²) in [7, 11) is 0. The minimum atomic E-state index is 0.907. The second-order valence-corrected chi connectivity index (χ2v) is 11.7. The first-order valence-electron chi connectivity index (χ1n) is 15.4. The van der Waals surface area contributed by atoms with Gasteiger partial charge < -0.3 is 4.42 Å². The second kappa shape index (κ2) is 10.4. The van der Waals surface area contributed by atoms with Crippen LogP contribution in [0.25, 0.3) is 88.0 Å². The minimum Gasteiger partial charge on any atom is -0.456 e. The van der Waals surface area contributed by atoms with Gasteiger partial charge in [-0.25, -0.2) is 0 Å². The maximum atomic E-state index is 6.38. The summed E-state index contributed by atoms with van der Waals surface area (Å²) < 4.78 is 6.38. The quantitative estimate of drug-likeness (QED) is 0.191. The van der Waals surface area contributed by atoms with Crippen molar-refractivity contribution < 1.29 is 4.42 Å². The zero-order chi connectivity index (χ0) is 29.7. The lowest BCUT2D eigenvalue weighted by Crippen LogP contribution is -1.92. The molecule has 0 radical (unpaired) electrons. The average Bonchev–Trinajstić information content (AvgIpc) is 3.49. The molecule has 0 amide bonds. The zero-order valence-corrected chi connectivity index (χ0v) is 24.6. The Morgan fingerprint density at radius 1 is 0.244 bits per heavy atom. The molecule has 0 bridgehead atoms. The van der Waals surface area contributed by atoms with Gasteiger partial charge in [-0.3, -0.25) is 0 Å². The van der Waals surface area contributed by atoms with Crippen molar-refractivity contribution in [3.05, 3.63) is 170 Å². The number of hydrogen-bond acceptors (Lipinski definition) is 1. The average molecular weight is 573 g/mol. The summed E-state index contributed by atoms with van der Waals surface area (Å²) in [5, 5.41) is 7.23. The Labute approximate surface area is 261 Å². The van der Waals surface area contributed by atoms with Crippen LogP contribution >= 0.6 is 0 Å². The van der Waals surface area contributed by atoms with Crippen molar-refractivity contribution in [3.8, 4) is 44.5 Å². The molecule has 0 aliphatic heterocycles. The van der Waals surface area contributed by atoms with Gasteiger partial charge in [-0.2, -0.15) is 0 Å². The molecular formula is C44H28O. The fraction of sp³-hybridized carbons (Fsp3) is 0. The largest absolute Gasteiger partial charge is 0.456 e. The Morgan fingerprint density at radius 3 is 1.49 bits per heavy atom. The molecule has 1 aromatic heterocycles. The van der Waals surface area contributed by atoms with Gasteiger partial charge in [-0.05, 0) is 96.4 Å². The van der Waals surface area contributed by atoms with E-state index in [1.807, 2.05) is 12.1 Å². The topological polar surface area (TPSA) is 13.1 Å². The molecule has 0 unspecified atom stereocenters. The van der Waals surface area contributed by atoms with E-state index in [0.717, 1.165) is 27.5 Å². The third-order valence-electron chi connectivity index (χ3n) is 9.06. The predicted molar refractivity (Wildman–Crippen MR) is 190 cm³/mol. The molecule has 1 heterocycles. The fourth-order valence-electron chi connectivity index (χ4n) is 6.98. The van der Waals surface area contributed by atoms with Gasteiger partial charge in [0.2, 0.25) is 0 Å². The molecule has 0 saturated heterocycles. The molecule has 1 nitrogen and oxygen atoms in total. The van der Waals surface area contributed by atoms with Gasteiger partial charge in [0.25, 0.3) is 0 Å². The first kappa shape index (κ1) is 25.6. The van der Waals surface area contributed by atoms with Crippen LogP contribution in [-0.2, 0) is 0 Å². The van der Waals surface area contributed by atoms with E-state index in [4.69, 9.17) is 4.42 Å². The fourth-order valence-corrected chi connectivity index (χ4v) is 6.98. The Morgan fingerprint density at radius 2 is 0.733 bits per heavy atom. The highest BCUT2D eigenvalue weighted by Gasteiger charge is 2.18. The van der Waals surface area contributed by atoms with Crippen molar-refractivity contribution in [2.75, 3.05) is 0 Å². The van der Waals surface area contributed by atoms with Crippen LogP contribution in [0.15, 0.2) is 174 Å². The van der Waals surface area contributed by atoms with Crippen LogP contribution in [0, 0.1) is 0 Å². The molecule has 0 N–H and O–H groups in total. The number of para-hydroxylation sites is 1. The van der Waals surface area contributed by atoms with Gasteiger partial charge in [0.1, 0.15) is 11.2 Å². The highest BCUT2D eigenvalue weighted by atomic mass is 16.3. The lowest BCUT2D eigenvalue weighted by atomic mass is 9.84. The van der Waals surface area contributed by atoms with Crippen molar-refractivity contribution in [2.24, 2.45) is 0 Å². The maximum Gasteiger partial charge on any atom is 0.136 e. The Balaban J connectivity index is 1.35. The lowest BCUT2D eigenvalue weighted by Gasteiger charge is -2.19. The zero-order valence-electron chi connectivity index (χ0n) is 24.6. The normalized spacial score (nSPS) is 11.6. The first-order valence-corrected chi connectivity index (χ1v) is 15.4. The highest BCUT2D eigenvalue weighted by molar-refractivity contribution is 6.22. The number of fused-ring (bicyclic) bond motifs is 5. The van der Waals surface area contributed by atoms with Gasteiger partial charge in [0.15, 0.2) is 0 Å². The van der Waals surface area contributed by atoms with Crippen LogP contribution in [0.5, 0.6) is 0 Å². The molecular weight excluding hydrogens is 544 g/mol. The molecule has 0 saturated carbocycles. The third kappa shape index (κ3) is 4.24. The SMILES string of the molecule is c1ccc(-c2cccc(-c3ccc4c(-c5ccccc5)c5ccccc5c(-c5ccc6c(c5)oc5ccccc56)c4c3)c2)cc1. The monoisotopic (exact) mass is 572 g/mol. The Hall–Kier alpha value is -5.92. The van der Waals surface area contributed by atoms with Crippen molar-refractivity contribution in [1.29, 1.82) is 0 Å². The maximum absolute atomic E-state index is 6.38. The summed E-state index contributed by atoms with van der Waals surface area (Å²) in [5.74, 6) is 0. The van der Waals surface area contributed by atoms with Crippen LogP contribution in [-0.4, -0.2) is 0 Å². The van der Waals surface area contributed by atoms with E-state index in [1.165, 1.54) is 60.5 Å². The minimum absolute atomic E-state index is 0.907. The second-order valence-electron chi connectivity index (χ2n) is 11.7. The highest BCUT2D eigenvalue weighted by Crippen LogP contribution is 2.45. The smallest absolute Gasteiger partial charge is 0.136 e. The van der Waals surface area contributed by atoms with Gasteiger partial charge in [0.05, 0.1) is 0 Å². The summed E-state index contributed by atoms with van der Waals surface area (Å²) >= 11 is 0. The summed E-state index contributed by atoms with van der Waals surface area (Å²) in [5.41, 5.74) is 11.5. The van der Waals surface area contributed by atoms with E-state index in [-0.39, 0.29) is 0 Å². The van der Waals surface area contributed by atoms with Crippen molar-refractivity contribution in [2.45, 2.75) is 0 Å². The summed E-state index contributed by atoms with van der Waals surface area (Å²) in [6.45, 7) is 0. The van der Waals surface area contributed by atoms with Crippen LogP contribution in [0.3, 0.4) is 0 Å². The van der Waals surface area contributed by atoms with Gasteiger partial charge >= 0.3 is 0 Å². The van der Waals surface area contributed by atoms with E-state index in [9.17, 15) is 0 Å². The molecule has 0 spiro atoms. The van der Waals surface area contributed by atoms with Crippen LogP contribution < -0.4 is 0 Å². The standard InChI is InChI=1S/C44H28O/c1-3-12-29(13-4-1)31-16-11-17-32(26-31)33-22-25-39-40(27-33)44(34-23-24-36-35-18-9-10-21-41(35)45-42(36)28-34)38-20-8-7-19-37(38)43(39)30-14-5-2-6-15-30/h1-28H. The van der Waals surface area contributed by atoms with E-state index in [1.54, 1.807) is 0 Å². The molecule has 0 fully saturated rings. The number of benzene rings is 8. The van der Waals surface area contributed by atoms with E-state index < -0.39 is 0 Å². The molecule has 45 heavy (non-hydrogen) atoms. The van der Waals surface area contributed by atoms with E-state index in [0.29, 0.717) is 0 Å².